The van der Waals surface area contributed by atoms with E-state index in [9.17, 15) is 23.1 Å². The molecule has 2 N–H and O–H groups in total. The van der Waals surface area contributed by atoms with Crippen molar-refractivity contribution in [3.63, 3.8) is 0 Å². The van der Waals surface area contributed by atoms with Crippen LogP contribution in [0.2, 0.25) is 0 Å². The van der Waals surface area contributed by atoms with Crippen LogP contribution in [0, 0.1) is 16.7 Å². The van der Waals surface area contributed by atoms with Crippen molar-refractivity contribution in [2.24, 2.45) is 16.7 Å². The molecule has 1 atom stereocenters. The van der Waals surface area contributed by atoms with E-state index in [1.807, 2.05) is 57.2 Å². The largest absolute Gasteiger partial charge is 0.481 e. The minimum Gasteiger partial charge on any atom is -0.481 e. The Morgan fingerprint density at radius 1 is 1.00 bits per heavy atom. The Kier molecular flexibility index (Phi) is 11.2. The summed E-state index contributed by atoms with van der Waals surface area (Å²) in [4.78, 5) is 24.2. The maximum absolute atomic E-state index is 13.4. The molecule has 0 radical (unpaired) electrons. The van der Waals surface area contributed by atoms with Crippen LogP contribution in [0.1, 0.15) is 65.9 Å². The Bertz CT molecular complexity index is 1730. The highest BCUT2D eigenvalue weighted by Crippen LogP contribution is 2.40. The first-order valence-electron chi connectivity index (χ1n) is 16.3. The van der Waals surface area contributed by atoms with Gasteiger partial charge in [-0.2, -0.15) is 13.2 Å². The highest BCUT2D eigenvalue weighted by molar-refractivity contribution is 8.00. The fourth-order valence-corrected chi connectivity index (χ4v) is 7.02. The summed E-state index contributed by atoms with van der Waals surface area (Å²) in [5.41, 5.74) is 0.334. The van der Waals surface area contributed by atoms with Crippen LogP contribution in [0.4, 0.5) is 24.1 Å². The van der Waals surface area contributed by atoms with Gasteiger partial charge in [0.15, 0.2) is 5.13 Å². The van der Waals surface area contributed by atoms with Crippen molar-refractivity contribution in [1.82, 2.24) is 19.7 Å². The molecule has 4 aromatic rings. The van der Waals surface area contributed by atoms with Gasteiger partial charge < -0.3 is 19.5 Å². The summed E-state index contributed by atoms with van der Waals surface area (Å²) in [6.07, 6.45) is 1.92. The van der Waals surface area contributed by atoms with Crippen LogP contribution in [-0.2, 0) is 11.2 Å². The Hall–Kier alpha value is -3.78. The first-order chi connectivity index (χ1) is 23.1. The van der Waals surface area contributed by atoms with Crippen LogP contribution >= 0.6 is 23.3 Å². The zero-order valence-corrected chi connectivity index (χ0v) is 30.0. The third-order valence-corrected chi connectivity index (χ3v) is 10.5. The number of ether oxygens (including phenoxy) is 1. The van der Waals surface area contributed by atoms with E-state index >= 15 is 0 Å². The summed E-state index contributed by atoms with van der Waals surface area (Å²) < 4.78 is 50.7. The van der Waals surface area contributed by atoms with Gasteiger partial charge >= 0.3 is 12.1 Å². The second-order valence-electron chi connectivity index (χ2n) is 14.0. The average molecular weight is 717 g/mol. The molecule has 4 heterocycles. The summed E-state index contributed by atoms with van der Waals surface area (Å²) >= 11 is 2.66. The van der Waals surface area contributed by atoms with Crippen LogP contribution < -0.4 is 14.4 Å². The molecule has 0 aliphatic carbocycles. The topological polar surface area (TPSA) is 105 Å². The summed E-state index contributed by atoms with van der Waals surface area (Å²) in [5, 5.41) is 16.5. The lowest BCUT2D eigenvalue weighted by atomic mass is 9.80. The number of aryl methyl sites for hydroxylation is 1. The van der Waals surface area contributed by atoms with E-state index in [1.54, 1.807) is 16.9 Å². The van der Waals surface area contributed by atoms with Crippen molar-refractivity contribution in [2.45, 2.75) is 77.9 Å². The monoisotopic (exact) mass is 716 g/mol. The van der Waals surface area contributed by atoms with E-state index < -0.39 is 35.5 Å². The van der Waals surface area contributed by atoms with Crippen molar-refractivity contribution in [3.05, 3.63) is 60.3 Å². The molecular weight excluding hydrogens is 674 g/mol. The number of fused-ring (bicyclic) bond motifs is 6. The number of anilines is 2. The number of benzene rings is 1. The van der Waals surface area contributed by atoms with Crippen LogP contribution in [0.25, 0.3) is 16.3 Å². The van der Waals surface area contributed by atoms with Gasteiger partial charge in [-0.05, 0) is 56.2 Å². The maximum atomic E-state index is 13.4. The van der Waals surface area contributed by atoms with E-state index in [0.29, 0.717) is 33.9 Å². The van der Waals surface area contributed by atoms with Crippen molar-refractivity contribution in [3.8, 4) is 22.1 Å². The standard InChI is InChI=1S/C35H43F3N6O3S2/c1-33(2,3)25(31(45)46)21-43-19-11-7-6-8-13-23-14-9-10-15-24(23)29-30(48-32(40-29)42-49-28-17-12-16-26(43)39-28)44-20-18-27(41-44)47-22-34(4,5)35(36,37)38/h9-10,12,14-18,20,25H,6-8,11,13,19,21-22H2,1-5H3,(H,40,42)(H,45,46). The van der Waals surface area contributed by atoms with Gasteiger partial charge in [-0.3, -0.25) is 4.79 Å². The number of rotatable bonds is 7. The van der Waals surface area contributed by atoms with E-state index in [0.717, 1.165) is 62.9 Å². The highest BCUT2D eigenvalue weighted by Gasteiger charge is 2.48. The fourth-order valence-electron chi connectivity index (χ4n) is 5.44. The van der Waals surface area contributed by atoms with Crippen LogP contribution in [0.5, 0.6) is 5.88 Å². The number of halogens is 3. The fraction of sp³-hybridized carbons (Fsp3) is 0.486. The number of hydrogen-bond acceptors (Lipinski definition) is 9. The average Bonchev–Trinajstić information content (AvgIpc) is 3.68. The smallest absolute Gasteiger partial charge is 0.397 e. The molecule has 4 bridgehead atoms. The number of pyridine rings is 1. The Balaban J connectivity index is 1.47. The lowest BCUT2D eigenvalue weighted by Gasteiger charge is -2.33. The number of alkyl halides is 3. The molecule has 1 unspecified atom stereocenters. The number of aromatic nitrogens is 4. The molecule has 1 aliphatic heterocycles. The van der Waals surface area contributed by atoms with Gasteiger partial charge in [0.25, 0.3) is 0 Å². The number of nitrogens with one attached hydrogen (secondary N) is 1. The summed E-state index contributed by atoms with van der Waals surface area (Å²) in [6.45, 7) is 8.55. The zero-order valence-electron chi connectivity index (χ0n) is 28.4. The number of thiazole rings is 1. The van der Waals surface area contributed by atoms with E-state index in [-0.39, 0.29) is 5.88 Å². The molecule has 0 saturated carbocycles. The Morgan fingerprint density at radius 3 is 2.49 bits per heavy atom. The first-order valence-corrected chi connectivity index (χ1v) is 18.0. The van der Waals surface area contributed by atoms with E-state index in [1.165, 1.54) is 23.3 Å². The minimum atomic E-state index is -4.42. The van der Waals surface area contributed by atoms with Gasteiger partial charge in [0.2, 0.25) is 5.88 Å². The molecule has 3 aromatic heterocycles. The quantitative estimate of drug-likeness (QED) is 0.181. The maximum Gasteiger partial charge on any atom is 0.397 e. The lowest BCUT2D eigenvalue weighted by molar-refractivity contribution is -0.219. The van der Waals surface area contributed by atoms with Gasteiger partial charge in [0, 0.05) is 42.9 Å². The normalized spacial score (nSPS) is 15.6. The molecule has 264 valence electrons. The van der Waals surface area contributed by atoms with E-state index in [4.69, 9.17) is 14.7 Å². The Morgan fingerprint density at radius 2 is 1.76 bits per heavy atom. The molecule has 0 spiro atoms. The highest BCUT2D eigenvalue weighted by atomic mass is 32.2. The number of hydrogen-bond donors (Lipinski definition) is 2. The van der Waals surface area contributed by atoms with Crippen LogP contribution in [0.3, 0.4) is 0 Å². The van der Waals surface area contributed by atoms with E-state index in [2.05, 4.69) is 20.8 Å². The summed E-state index contributed by atoms with van der Waals surface area (Å²) in [7, 11) is 0. The van der Waals surface area contributed by atoms with Gasteiger partial charge in [-0.15, -0.1) is 5.10 Å². The molecule has 1 aliphatic rings. The first kappa shape index (κ1) is 36.5. The van der Waals surface area contributed by atoms with Crippen molar-refractivity contribution in [2.75, 3.05) is 29.3 Å². The second kappa shape index (κ2) is 15.0. The van der Waals surface area contributed by atoms with Crippen molar-refractivity contribution >= 4 is 40.2 Å². The molecule has 49 heavy (non-hydrogen) atoms. The molecule has 0 saturated heterocycles. The predicted molar refractivity (Wildman–Crippen MR) is 189 cm³/mol. The number of aliphatic carboxylic acids is 1. The molecule has 5 rings (SSSR count). The molecular formula is C35H43F3N6O3S2. The molecule has 1 aromatic carbocycles. The van der Waals surface area contributed by atoms with Gasteiger partial charge in [-0.25, -0.2) is 14.6 Å². The lowest BCUT2D eigenvalue weighted by Crippen LogP contribution is -2.41. The number of carbonyl (C=O) groups is 1. The number of nitrogens with zero attached hydrogens (tertiary/aromatic N) is 5. The van der Waals surface area contributed by atoms with Gasteiger partial charge in [0.05, 0.1) is 11.3 Å². The Labute approximate surface area is 293 Å². The summed E-state index contributed by atoms with van der Waals surface area (Å²) in [6, 6.07) is 15.4. The second-order valence-corrected chi connectivity index (χ2v) is 15.8. The molecule has 0 fully saturated rings. The minimum absolute atomic E-state index is 0.0884. The predicted octanol–water partition coefficient (Wildman–Crippen LogP) is 9.15. The SMILES string of the molecule is CC(C)(C)C(CN1CCCCCCc2ccccc2-c2nc(sc2-n2ccc(OCC(C)(C)C(F)(F)F)n2)NSc2cccc1n2)C(=O)O. The van der Waals surface area contributed by atoms with Gasteiger partial charge in [0.1, 0.15) is 28.1 Å². The third kappa shape index (κ3) is 9.07. The third-order valence-electron chi connectivity index (χ3n) is 8.65. The van der Waals surface area contributed by atoms with Crippen molar-refractivity contribution in [1.29, 1.82) is 0 Å². The van der Waals surface area contributed by atoms with Crippen LogP contribution in [0.15, 0.2) is 59.8 Å². The molecule has 0 amide bonds. The van der Waals surface area contributed by atoms with Gasteiger partial charge in [-0.1, -0.05) is 75.3 Å². The van der Waals surface area contributed by atoms with Crippen molar-refractivity contribution < 1.29 is 27.8 Å². The zero-order chi connectivity index (χ0) is 35.4. The molecule has 9 nitrogen and oxygen atoms in total. The summed E-state index contributed by atoms with van der Waals surface area (Å²) in [5.74, 6) is -0.591. The molecule has 14 heteroatoms. The van der Waals surface area contributed by atoms with Crippen LogP contribution in [-0.4, -0.2) is 56.7 Å². The number of carboxylic acid groups (broad SMARTS) is 1. The number of carboxylic acids is 1.